The van der Waals surface area contributed by atoms with Gasteiger partial charge in [-0.1, -0.05) is 154 Å². The summed E-state index contributed by atoms with van der Waals surface area (Å²) < 4.78 is 0. The molecule has 6 aromatic rings. The van der Waals surface area contributed by atoms with Crippen molar-refractivity contribution >= 4 is 40.0 Å². The van der Waals surface area contributed by atoms with Gasteiger partial charge in [-0.3, -0.25) is 0 Å². The summed E-state index contributed by atoms with van der Waals surface area (Å²) in [6.07, 6.45) is 0. The molecule has 0 aromatic heterocycles. The summed E-state index contributed by atoms with van der Waals surface area (Å²) in [5.74, 6) is 0.877. The van der Waals surface area contributed by atoms with Crippen molar-refractivity contribution in [3.63, 3.8) is 0 Å². The van der Waals surface area contributed by atoms with Gasteiger partial charge in [0.05, 0.1) is 0 Å². The van der Waals surface area contributed by atoms with Crippen LogP contribution in [0.1, 0.15) is 103 Å². The molecular weight excluding hydrogens is 743 g/mol. The van der Waals surface area contributed by atoms with Gasteiger partial charge < -0.3 is 24.8 Å². The summed E-state index contributed by atoms with van der Waals surface area (Å²) in [4.78, 5) is 0. The van der Waals surface area contributed by atoms with Crippen molar-refractivity contribution in [1.29, 1.82) is 0 Å². The predicted molar refractivity (Wildman–Crippen MR) is 212 cm³/mol. The molecule has 4 heteroatoms. The predicted octanol–water partition coefficient (Wildman–Crippen LogP) is 6.43. The van der Waals surface area contributed by atoms with Crippen molar-refractivity contribution in [2.24, 2.45) is 0 Å². The first kappa shape index (κ1) is 42.2. The van der Waals surface area contributed by atoms with Crippen LogP contribution in [-0.2, 0) is 37.0 Å². The summed E-state index contributed by atoms with van der Waals surface area (Å²) in [6.45, 7) is 28.6. The monoisotopic (exact) mass is 794 g/mol. The minimum Gasteiger partial charge on any atom is -1.00 e. The van der Waals surface area contributed by atoms with Crippen molar-refractivity contribution in [2.45, 2.75) is 105 Å². The van der Waals surface area contributed by atoms with Crippen molar-refractivity contribution in [3.05, 3.63) is 119 Å². The normalized spacial score (nSPS) is 12.3. The van der Waals surface area contributed by atoms with Crippen LogP contribution in [0, 0.1) is 0 Å². The molecule has 0 atom stereocenters. The molecule has 0 aliphatic carbocycles. The molecule has 0 saturated carbocycles. The molecule has 0 spiro atoms. The number of fused-ring (bicyclic) bond motifs is 2. The number of hydrogen-bond acceptors (Lipinski definition) is 0. The number of rotatable bonds is 6. The van der Waals surface area contributed by atoms with E-state index in [4.69, 9.17) is 0 Å². The molecule has 6 rings (SSSR count). The molecule has 0 radical (unpaired) electrons. The Hall–Kier alpha value is -2.22. The van der Waals surface area contributed by atoms with Gasteiger partial charge in [0, 0.05) is 8.07 Å². The van der Waals surface area contributed by atoms with Crippen molar-refractivity contribution in [3.8, 4) is 22.3 Å². The average molecular weight is 797 g/mol. The van der Waals surface area contributed by atoms with Gasteiger partial charge in [0.15, 0.2) is 0 Å². The van der Waals surface area contributed by atoms with Crippen LogP contribution >= 0.6 is 0 Å². The smallest absolute Gasteiger partial charge is 1.00 e. The molecule has 260 valence electrons. The van der Waals surface area contributed by atoms with Gasteiger partial charge in [-0.05, 0) is 44.9 Å². The van der Waals surface area contributed by atoms with Gasteiger partial charge in [-0.25, -0.2) is 0 Å². The van der Waals surface area contributed by atoms with Crippen LogP contribution in [0.5, 0.6) is 0 Å². The number of hydrogen-bond donors (Lipinski definition) is 0. The van der Waals surface area contributed by atoms with Gasteiger partial charge in [-0.15, -0.1) is 69.1 Å². The molecule has 0 fully saturated rings. The molecule has 0 N–H and O–H groups in total. The van der Waals surface area contributed by atoms with Crippen molar-refractivity contribution in [1.82, 2.24) is 0 Å². The van der Waals surface area contributed by atoms with Crippen LogP contribution in [-0.4, -0.2) is 8.07 Å². The topological polar surface area (TPSA) is 0 Å². The van der Waals surface area contributed by atoms with Crippen LogP contribution in [0.4, 0.5) is 0 Å². The van der Waals surface area contributed by atoms with Gasteiger partial charge in [0.25, 0.3) is 0 Å². The fraction of sp³-hybridized carbons (Fsp3) is 0.348. The Kier molecular flexibility index (Phi) is 13.0. The van der Waals surface area contributed by atoms with Crippen molar-refractivity contribution < 1.29 is 51.0 Å². The molecule has 6 aromatic carbocycles. The Balaban J connectivity index is 0.00000225. The Labute approximate surface area is 335 Å². The Bertz CT molecular complexity index is 1910. The molecule has 50 heavy (non-hydrogen) atoms. The van der Waals surface area contributed by atoms with E-state index in [0.29, 0.717) is 11.8 Å². The van der Waals surface area contributed by atoms with Gasteiger partial charge in [-0.2, -0.15) is 10.4 Å². The third-order valence-corrected chi connectivity index (χ3v) is 14.1. The average Bonchev–Trinajstić information content (AvgIpc) is 3.61. The fourth-order valence-electron chi connectivity index (χ4n) is 7.87. The molecule has 0 nitrogen and oxygen atoms in total. The van der Waals surface area contributed by atoms with Gasteiger partial charge in [0.2, 0.25) is 0 Å². The standard InChI is InChI=1S/C46H54Si.2ClH.Zr/c1-29(2)39-27-33-15-13-17-37(31-19-23-35(24-20-31)45(5,6)7)41(33)43(39)47(11,12)44-40(30(3)4)28-34-16-14-18-38(42(34)44)32-21-25-36(26-22-32)46(8,9)10;;;/h13-30H,1-12H3;2*1H;/q-2;;;+4/p-2. The maximum Gasteiger partial charge on any atom is 4.00 e. The SMILES string of the molecule is CC(C)c1[cH-]c2cccc(-c3ccc(C(C)(C)C)cc3)c2c1[Si](C)(C)c1c(C(C)C)[cH-]c2cccc(-c3ccc(C(C)(C)C)cc3)c12.[Cl-].[Cl-].[Zr+4]. The van der Waals surface area contributed by atoms with E-state index >= 15 is 0 Å². The first-order chi connectivity index (χ1) is 22.0. The maximum atomic E-state index is 2.63. The van der Waals surface area contributed by atoms with Gasteiger partial charge in [0.1, 0.15) is 0 Å². The second-order valence-electron chi connectivity index (χ2n) is 17.1. The van der Waals surface area contributed by atoms with E-state index in [1.807, 2.05) is 0 Å². The molecule has 0 amide bonds. The van der Waals surface area contributed by atoms with E-state index in [1.165, 1.54) is 66.1 Å². The first-order valence-corrected chi connectivity index (χ1v) is 20.7. The third-order valence-electron chi connectivity index (χ3n) is 10.5. The molecule has 0 unspecified atom stereocenters. The Morgan fingerprint density at radius 2 is 0.820 bits per heavy atom. The van der Waals surface area contributed by atoms with E-state index in [9.17, 15) is 0 Å². The zero-order valence-electron chi connectivity index (χ0n) is 32.1. The second kappa shape index (κ2) is 15.4. The quantitative estimate of drug-likeness (QED) is 0.135. The Morgan fingerprint density at radius 3 is 1.10 bits per heavy atom. The van der Waals surface area contributed by atoms with E-state index in [-0.39, 0.29) is 61.8 Å². The minimum atomic E-state index is -2.30. The van der Waals surface area contributed by atoms with Crippen LogP contribution in [0.15, 0.2) is 97.1 Å². The van der Waals surface area contributed by atoms with Crippen LogP contribution in [0.2, 0.25) is 13.1 Å². The third kappa shape index (κ3) is 7.62. The summed E-state index contributed by atoms with van der Waals surface area (Å²) in [7, 11) is -2.30. The summed E-state index contributed by atoms with van der Waals surface area (Å²) in [6, 6.07) is 37.7. The van der Waals surface area contributed by atoms with E-state index in [2.05, 4.69) is 179 Å². The molecule has 0 aliphatic heterocycles. The zero-order chi connectivity index (χ0) is 34.1. The largest absolute Gasteiger partial charge is 4.00 e. The number of benzene rings is 4. The minimum absolute atomic E-state index is 0. The van der Waals surface area contributed by atoms with E-state index in [1.54, 1.807) is 10.4 Å². The van der Waals surface area contributed by atoms with E-state index in [0.717, 1.165) is 0 Å². The summed E-state index contributed by atoms with van der Waals surface area (Å²) >= 11 is 0. The number of halogens is 2. The molecule has 0 bridgehead atoms. The van der Waals surface area contributed by atoms with Crippen LogP contribution < -0.4 is 35.2 Å². The van der Waals surface area contributed by atoms with E-state index < -0.39 is 8.07 Å². The van der Waals surface area contributed by atoms with Gasteiger partial charge >= 0.3 is 26.2 Å². The molecule has 0 saturated heterocycles. The summed E-state index contributed by atoms with van der Waals surface area (Å²) in [5.41, 5.74) is 11.4. The molecular formula is C46H54Cl2SiZr. The first-order valence-electron chi connectivity index (χ1n) is 17.7. The van der Waals surface area contributed by atoms with Crippen LogP contribution in [0.3, 0.4) is 0 Å². The summed E-state index contributed by atoms with van der Waals surface area (Å²) in [5, 5.41) is 8.92. The zero-order valence-corrected chi connectivity index (χ0v) is 37.1. The molecule has 0 heterocycles. The molecule has 0 aliphatic rings. The van der Waals surface area contributed by atoms with Crippen LogP contribution in [0.25, 0.3) is 43.8 Å². The van der Waals surface area contributed by atoms with Crippen molar-refractivity contribution in [2.75, 3.05) is 0 Å². The maximum absolute atomic E-state index is 2.63. The second-order valence-corrected chi connectivity index (χ2v) is 21.3. The Morgan fingerprint density at radius 1 is 0.500 bits per heavy atom. The fourth-order valence-corrected chi connectivity index (χ4v) is 12.1.